The topological polar surface area (TPSA) is 92.9 Å². The second-order valence-corrected chi connectivity index (χ2v) is 5.86. The van der Waals surface area contributed by atoms with E-state index in [0.717, 1.165) is 0 Å². The van der Waals surface area contributed by atoms with Crippen molar-refractivity contribution in [1.82, 2.24) is 10.1 Å². The standard InChI is InChI=1S/C14H18N2O5/c1-9-4-11(15-21-9)5-12(17)16-6-10-7-20-3-2-14(10,8-16)13(18)19/h4,10H,2-3,5-8H2,1H3,(H,18,19)/t10-,14+/m0/s1. The molecular formula is C14H18N2O5. The number of aromatic nitrogens is 1. The Morgan fingerprint density at radius 3 is 3.00 bits per heavy atom. The van der Waals surface area contributed by atoms with Crippen LogP contribution in [0.5, 0.6) is 0 Å². The zero-order chi connectivity index (χ0) is 15.0. The average Bonchev–Trinajstić information content (AvgIpc) is 3.03. The number of likely N-dealkylation sites (tertiary alicyclic amines) is 1. The van der Waals surface area contributed by atoms with Crippen LogP contribution in [0.3, 0.4) is 0 Å². The minimum atomic E-state index is -0.854. The molecule has 2 aliphatic heterocycles. The lowest BCUT2D eigenvalue weighted by Gasteiger charge is -2.33. The van der Waals surface area contributed by atoms with Crippen molar-refractivity contribution in [2.45, 2.75) is 19.8 Å². The molecule has 1 aromatic heterocycles. The molecule has 2 aliphatic rings. The molecule has 0 unspecified atom stereocenters. The molecule has 0 bridgehead atoms. The summed E-state index contributed by atoms with van der Waals surface area (Å²) >= 11 is 0. The Hall–Kier alpha value is -1.89. The van der Waals surface area contributed by atoms with Gasteiger partial charge in [0.15, 0.2) is 0 Å². The first-order chi connectivity index (χ1) is 10.0. The van der Waals surface area contributed by atoms with Crippen LogP contribution >= 0.6 is 0 Å². The molecule has 1 amide bonds. The van der Waals surface area contributed by atoms with Crippen LogP contribution in [0.2, 0.25) is 0 Å². The number of carbonyl (C=O) groups excluding carboxylic acids is 1. The maximum Gasteiger partial charge on any atom is 0.311 e. The van der Waals surface area contributed by atoms with Crippen LogP contribution in [0.25, 0.3) is 0 Å². The molecule has 21 heavy (non-hydrogen) atoms. The Balaban J connectivity index is 1.72. The van der Waals surface area contributed by atoms with Crippen LogP contribution in [0.1, 0.15) is 17.9 Å². The monoisotopic (exact) mass is 294 g/mol. The fraction of sp³-hybridized carbons (Fsp3) is 0.643. The van der Waals surface area contributed by atoms with Crippen molar-refractivity contribution in [3.63, 3.8) is 0 Å². The summed E-state index contributed by atoms with van der Waals surface area (Å²) in [5, 5.41) is 13.4. The van der Waals surface area contributed by atoms with E-state index in [1.165, 1.54) is 0 Å². The van der Waals surface area contributed by atoms with Crippen LogP contribution in [0.15, 0.2) is 10.6 Å². The molecule has 3 heterocycles. The van der Waals surface area contributed by atoms with Gasteiger partial charge < -0.3 is 19.3 Å². The van der Waals surface area contributed by atoms with E-state index in [2.05, 4.69) is 5.16 Å². The summed E-state index contributed by atoms with van der Waals surface area (Å²) in [6.45, 7) is 3.29. The molecule has 7 nitrogen and oxygen atoms in total. The predicted molar refractivity (Wildman–Crippen MR) is 70.5 cm³/mol. The summed E-state index contributed by atoms with van der Waals surface area (Å²) < 4.78 is 10.3. The highest BCUT2D eigenvalue weighted by atomic mass is 16.5. The van der Waals surface area contributed by atoms with Gasteiger partial charge in [0, 0.05) is 31.7 Å². The number of carboxylic acid groups (broad SMARTS) is 1. The van der Waals surface area contributed by atoms with Crippen molar-refractivity contribution >= 4 is 11.9 Å². The normalized spacial score (nSPS) is 28.4. The van der Waals surface area contributed by atoms with Crippen molar-refractivity contribution in [3.8, 4) is 0 Å². The first kappa shape index (κ1) is 14.1. The Morgan fingerprint density at radius 2 is 2.38 bits per heavy atom. The van der Waals surface area contributed by atoms with Crippen molar-refractivity contribution in [2.24, 2.45) is 11.3 Å². The predicted octanol–water partition coefficient (Wildman–Crippen LogP) is 0.475. The Kier molecular flexibility index (Phi) is 3.44. The third kappa shape index (κ3) is 2.42. The molecule has 3 rings (SSSR count). The molecule has 0 saturated carbocycles. The van der Waals surface area contributed by atoms with Crippen molar-refractivity contribution in [1.29, 1.82) is 0 Å². The highest BCUT2D eigenvalue weighted by molar-refractivity contribution is 5.82. The molecule has 1 N–H and O–H groups in total. The molecule has 1 aromatic rings. The van der Waals surface area contributed by atoms with Gasteiger partial charge in [0.2, 0.25) is 5.91 Å². The molecule has 0 aromatic carbocycles. The van der Waals surface area contributed by atoms with E-state index < -0.39 is 11.4 Å². The van der Waals surface area contributed by atoms with Gasteiger partial charge in [-0.3, -0.25) is 9.59 Å². The zero-order valence-electron chi connectivity index (χ0n) is 11.9. The third-order valence-electron chi connectivity index (χ3n) is 4.49. The fourth-order valence-electron chi connectivity index (χ4n) is 3.26. The van der Waals surface area contributed by atoms with Gasteiger partial charge in [-0.2, -0.15) is 0 Å². The van der Waals surface area contributed by atoms with E-state index in [1.54, 1.807) is 17.9 Å². The highest BCUT2D eigenvalue weighted by Crippen LogP contribution is 2.42. The lowest BCUT2D eigenvalue weighted by atomic mass is 9.74. The Morgan fingerprint density at radius 1 is 1.57 bits per heavy atom. The lowest BCUT2D eigenvalue weighted by molar-refractivity contribution is -0.157. The number of nitrogens with zero attached hydrogens (tertiary/aromatic N) is 2. The number of hydrogen-bond donors (Lipinski definition) is 1. The molecule has 0 aliphatic carbocycles. The van der Waals surface area contributed by atoms with Gasteiger partial charge in [-0.25, -0.2) is 0 Å². The van der Waals surface area contributed by atoms with Gasteiger partial charge in [-0.1, -0.05) is 5.16 Å². The summed E-state index contributed by atoms with van der Waals surface area (Å²) in [6, 6.07) is 1.72. The summed E-state index contributed by atoms with van der Waals surface area (Å²) in [6.07, 6.45) is 0.598. The van der Waals surface area contributed by atoms with Gasteiger partial charge >= 0.3 is 5.97 Å². The lowest BCUT2D eigenvalue weighted by Crippen LogP contribution is -2.45. The van der Waals surface area contributed by atoms with E-state index in [9.17, 15) is 14.7 Å². The molecule has 2 saturated heterocycles. The van der Waals surface area contributed by atoms with Crippen LogP contribution in [0.4, 0.5) is 0 Å². The summed E-state index contributed by atoms with van der Waals surface area (Å²) in [5.41, 5.74) is -0.277. The van der Waals surface area contributed by atoms with Crippen LogP contribution in [-0.2, 0) is 20.7 Å². The molecule has 0 spiro atoms. The number of aliphatic carboxylic acids is 1. The number of fused-ring (bicyclic) bond motifs is 1. The molecule has 7 heteroatoms. The van der Waals surface area contributed by atoms with E-state index in [-0.39, 0.29) is 24.8 Å². The van der Waals surface area contributed by atoms with Crippen LogP contribution < -0.4 is 0 Å². The van der Waals surface area contributed by atoms with E-state index >= 15 is 0 Å². The quantitative estimate of drug-likeness (QED) is 0.871. The minimum absolute atomic E-state index is 0.113. The Bertz CT molecular complexity index is 569. The van der Waals surface area contributed by atoms with Gasteiger partial charge in [0.1, 0.15) is 5.76 Å². The number of hydrogen-bond acceptors (Lipinski definition) is 5. The molecule has 0 radical (unpaired) electrons. The fourth-order valence-corrected chi connectivity index (χ4v) is 3.26. The van der Waals surface area contributed by atoms with Crippen LogP contribution in [-0.4, -0.2) is 53.3 Å². The largest absolute Gasteiger partial charge is 0.481 e. The van der Waals surface area contributed by atoms with Crippen molar-refractivity contribution in [2.75, 3.05) is 26.3 Å². The number of amides is 1. The average molecular weight is 294 g/mol. The van der Waals surface area contributed by atoms with Gasteiger partial charge in [-0.15, -0.1) is 0 Å². The molecule has 114 valence electrons. The third-order valence-corrected chi connectivity index (χ3v) is 4.49. The maximum absolute atomic E-state index is 12.3. The number of carbonyl (C=O) groups is 2. The number of carboxylic acids is 1. The van der Waals surface area contributed by atoms with E-state index in [0.29, 0.717) is 37.6 Å². The smallest absolute Gasteiger partial charge is 0.311 e. The SMILES string of the molecule is Cc1cc(CC(=O)N2C[C@H]3COCC[C@@]3(C(=O)O)C2)no1. The number of ether oxygens (including phenoxy) is 1. The molecule has 2 fully saturated rings. The summed E-state index contributed by atoms with van der Waals surface area (Å²) in [7, 11) is 0. The van der Waals surface area contributed by atoms with Crippen LogP contribution in [0, 0.1) is 18.3 Å². The first-order valence-electron chi connectivity index (χ1n) is 7.02. The second kappa shape index (κ2) is 5.14. The van der Waals surface area contributed by atoms with Gasteiger partial charge in [0.25, 0.3) is 0 Å². The molecular weight excluding hydrogens is 276 g/mol. The highest BCUT2D eigenvalue weighted by Gasteiger charge is 2.54. The van der Waals surface area contributed by atoms with Crippen molar-refractivity contribution in [3.05, 3.63) is 17.5 Å². The number of rotatable bonds is 3. The first-order valence-corrected chi connectivity index (χ1v) is 7.02. The number of aryl methyl sites for hydroxylation is 1. The van der Waals surface area contributed by atoms with Gasteiger partial charge in [0.05, 0.1) is 24.1 Å². The van der Waals surface area contributed by atoms with Gasteiger partial charge in [-0.05, 0) is 13.3 Å². The molecule has 2 atom stereocenters. The van der Waals surface area contributed by atoms with Crippen molar-refractivity contribution < 1.29 is 24.0 Å². The minimum Gasteiger partial charge on any atom is -0.481 e. The zero-order valence-corrected chi connectivity index (χ0v) is 11.9. The van der Waals surface area contributed by atoms with E-state index in [1.807, 2.05) is 0 Å². The van der Waals surface area contributed by atoms with E-state index in [4.69, 9.17) is 9.26 Å². The summed E-state index contributed by atoms with van der Waals surface area (Å²) in [4.78, 5) is 25.6. The Labute approximate surface area is 121 Å². The second-order valence-electron chi connectivity index (χ2n) is 5.86. The summed E-state index contributed by atoms with van der Waals surface area (Å²) in [5.74, 6) is -0.420. The maximum atomic E-state index is 12.3.